The predicted octanol–water partition coefficient (Wildman–Crippen LogP) is 1.12. The molecule has 0 bridgehead atoms. The summed E-state index contributed by atoms with van der Waals surface area (Å²) in [6.45, 7) is 5.06. The molecule has 8 nitrogen and oxygen atoms in total. The molecule has 0 saturated carbocycles. The molecular formula is C20H35N3O5. The smallest absolute Gasteiger partial charge is 0.317 e. The topological polar surface area (TPSA) is 91.3 Å². The number of nitrogens with zero attached hydrogens (tertiary/aromatic N) is 2. The van der Waals surface area contributed by atoms with E-state index in [1.807, 2.05) is 11.8 Å². The average molecular weight is 398 g/mol. The minimum absolute atomic E-state index is 0.135. The van der Waals surface area contributed by atoms with Crippen molar-refractivity contribution in [3.8, 4) is 0 Å². The van der Waals surface area contributed by atoms with E-state index in [0.717, 1.165) is 45.2 Å². The third-order valence-corrected chi connectivity index (χ3v) is 5.88. The van der Waals surface area contributed by atoms with E-state index >= 15 is 0 Å². The summed E-state index contributed by atoms with van der Waals surface area (Å²) in [7, 11) is 0. The van der Waals surface area contributed by atoms with Crippen LogP contribution in [0.2, 0.25) is 0 Å². The Morgan fingerprint density at radius 2 is 1.93 bits per heavy atom. The molecule has 2 N–H and O–H groups in total. The number of β-amino-alcohol motifs (C(OH)–C–C–N with tert-alkyl or cyclic N) is 1. The summed E-state index contributed by atoms with van der Waals surface area (Å²) in [4.78, 5) is 28.9. The Balaban J connectivity index is 1.60. The van der Waals surface area contributed by atoms with Crippen molar-refractivity contribution in [3.05, 3.63) is 0 Å². The number of carbonyl (C=O) groups is 2. The fourth-order valence-electron chi connectivity index (χ4n) is 4.38. The molecule has 160 valence electrons. The first-order valence-electron chi connectivity index (χ1n) is 10.8. The molecule has 0 aromatic carbocycles. The molecule has 3 amide bonds. The first kappa shape index (κ1) is 21.3. The molecule has 0 radical (unpaired) electrons. The number of carbonyl (C=O) groups excluding carboxylic acids is 2. The largest absolute Gasteiger partial charge is 0.389 e. The number of hydrogen-bond donors (Lipinski definition) is 2. The van der Waals surface area contributed by atoms with E-state index in [0.29, 0.717) is 19.6 Å². The molecule has 3 fully saturated rings. The van der Waals surface area contributed by atoms with Crippen LogP contribution in [0.4, 0.5) is 4.79 Å². The lowest BCUT2D eigenvalue weighted by molar-refractivity contribution is -0.155. The number of nitrogens with one attached hydrogen (secondary N) is 1. The minimum atomic E-state index is -0.702. The van der Waals surface area contributed by atoms with Crippen molar-refractivity contribution in [3.63, 3.8) is 0 Å². The SMILES string of the molecule is CCCNC(=O)N1C[C@@H](O)COC[C@@H]2O[C@@H](CC(=O)N3CCCCC3)CC[C@H]21. The molecule has 3 aliphatic heterocycles. The van der Waals surface area contributed by atoms with Crippen molar-refractivity contribution in [1.29, 1.82) is 0 Å². The number of amides is 3. The lowest BCUT2D eigenvalue weighted by atomic mass is 9.94. The van der Waals surface area contributed by atoms with Gasteiger partial charge in [-0.1, -0.05) is 6.92 Å². The molecule has 0 aromatic heterocycles. The number of aliphatic hydroxyl groups excluding tert-OH is 1. The summed E-state index contributed by atoms with van der Waals surface area (Å²) >= 11 is 0. The molecule has 3 aliphatic rings. The van der Waals surface area contributed by atoms with Gasteiger partial charge in [0.1, 0.15) is 6.10 Å². The summed E-state index contributed by atoms with van der Waals surface area (Å²) < 4.78 is 11.8. The number of fused-ring (bicyclic) bond motifs is 1. The Kier molecular flexibility index (Phi) is 7.93. The Hall–Kier alpha value is -1.38. The van der Waals surface area contributed by atoms with Gasteiger partial charge < -0.3 is 29.7 Å². The fourth-order valence-corrected chi connectivity index (χ4v) is 4.38. The average Bonchev–Trinajstić information content (AvgIpc) is 2.70. The van der Waals surface area contributed by atoms with Crippen molar-refractivity contribution in [2.24, 2.45) is 0 Å². The number of ether oxygens (including phenoxy) is 2. The number of likely N-dealkylation sites (tertiary alicyclic amines) is 1. The van der Waals surface area contributed by atoms with Gasteiger partial charge in [0.15, 0.2) is 0 Å². The summed E-state index contributed by atoms with van der Waals surface area (Å²) in [6.07, 6.45) is 4.99. The zero-order valence-corrected chi connectivity index (χ0v) is 17.0. The molecule has 4 atom stereocenters. The normalized spacial score (nSPS) is 31.5. The van der Waals surface area contributed by atoms with Crippen LogP contribution in [-0.4, -0.2) is 90.6 Å². The molecule has 0 unspecified atom stereocenters. The zero-order chi connectivity index (χ0) is 19.9. The molecule has 3 saturated heterocycles. The number of rotatable bonds is 4. The molecule has 0 aromatic rings. The molecular weight excluding hydrogens is 362 g/mol. The van der Waals surface area contributed by atoms with Crippen molar-refractivity contribution in [2.45, 2.75) is 76.2 Å². The van der Waals surface area contributed by atoms with E-state index in [9.17, 15) is 14.7 Å². The van der Waals surface area contributed by atoms with Crippen LogP contribution in [0, 0.1) is 0 Å². The van der Waals surface area contributed by atoms with E-state index in [-0.39, 0.29) is 43.3 Å². The molecule has 0 spiro atoms. The van der Waals surface area contributed by atoms with Crippen LogP contribution < -0.4 is 5.32 Å². The van der Waals surface area contributed by atoms with Gasteiger partial charge in [0.25, 0.3) is 0 Å². The van der Waals surface area contributed by atoms with Gasteiger partial charge in [-0.25, -0.2) is 4.79 Å². The van der Waals surface area contributed by atoms with Crippen molar-refractivity contribution in [2.75, 3.05) is 39.4 Å². The van der Waals surface area contributed by atoms with Crippen LogP contribution in [0.5, 0.6) is 0 Å². The highest BCUT2D eigenvalue weighted by Crippen LogP contribution is 2.28. The quantitative estimate of drug-likeness (QED) is 0.742. The summed E-state index contributed by atoms with van der Waals surface area (Å²) in [5, 5.41) is 13.0. The van der Waals surface area contributed by atoms with Crippen LogP contribution >= 0.6 is 0 Å². The lowest BCUT2D eigenvalue weighted by Crippen LogP contribution is -2.59. The van der Waals surface area contributed by atoms with E-state index < -0.39 is 6.10 Å². The van der Waals surface area contributed by atoms with E-state index in [1.54, 1.807) is 4.90 Å². The second kappa shape index (κ2) is 10.4. The van der Waals surface area contributed by atoms with Crippen LogP contribution in [0.1, 0.15) is 51.9 Å². The molecule has 28 heavy (non-hydrogen) atoms. The Morgan fingerprint density at radius 1 is 1.14 bits per heavy atom. The number of hydrogen-bond acceptors (Lipinski definition) is 5. The van der Waals surface area contributed by atoms with Gasteiger partial charge >= 0.3 is 6.03 Å². The Labute approximate surface area is 167 Å². The number of urea groups is 1. The third-order valence-electron chi connectivity index (χ3n) is 5.88. The summed E-state index contributed by atoms with van der Waals surface area (Å²) in [5.41, 5.74) is 0. The van der Waals surface area contributed by atoms with Crippen molar-refractivity contribution in [1.82, 2.24) is 15.1 Å². The van der Waals surface area contributed by atoms with Crippen LogP contribution in [-0.2, 0) is 14.3 Å². The van der Waals surface area contributed by atoms with Gasteiger partial charge in [-0.15, -0.1) is 0 Å². The second-order valence-corrected chi connectivity index (χ2v) is 8.16. The van der Waals surface area contributed by atoms with E-state index in [1.165, 1.54) is 6.42 Å². The molecule has 3 heterocycles. The minimum Gasteiger partial charge on any atom is -0.389 e. The monoisotopic (exact) mass is 397 g/mol. The Morgan fingerprint density at radius 3 is 2.68 bits per heavy atom. The van der Waals surface area contributed by atoms with Gasteiger partial charge in [0.2, 0.25) is 5.91 Å². The first-order valence-corrected chi connectivity index (χ1v) is 10.8. The van der Waals surface area contributed by atoms with Crippen LogP contribution in [0.25, 0.3) is 0 Å². The molecule has 0 aliphatic carbocycles. The maximum atomic E-state index is 12.6. The molecule has 3 rings (SSSR count). The summed E-state index contributed by atoms with van der Waals surface area (Å²) in [6, 6.07) is -0.308. The van der Waals surface area contributed by atoms with E-state index in [2.05, 4.69) is 5.32 Å². The number of piperidine rings is 1. The highest BCUT2D eigenvalue weighted by atomic mass is 16.5. The maximum Gasteiger partial charge on any atom is 0.317 e. The number of aliphatic hydroxyl groups is 1. The zero-order valence-electron chi connectivity index (χ0n) is 17.0. The van der Waals surface area contributed by atoms with E-state index in [4.69, 9.17) is 9.47 Å². The first-order chi connectivity index (χ1) is 13.6. The maximum absolute atomic E-state index is 12.6. The highest BCUT2D eigenvalue weighted by Gasteiger charge is 2.40. The third kappa shape index (κ3) is 5.58. The fraction of sp³-hybridized carbons (Fsp3) is 0.900. The standard InChI is InChI=1S/C20H35N3O5/c1-2-8-21-20(26)23-12-15(24)13-27-14-18-17(23)7-6-16(28-18)11-19(25)22-9-4-3-5-10-22/h15-18,24H,2-14H2,1H3,(H,21,26)/t15-,16-,17-,18+/m1/s1. The second-order valence-electron chi connectivity index (χ2n) is 8.16. The predicted molar refractivity (Wildman–Crippen MR) is 104 cm³/mol. The highest BCUT2D eigenvalue weighted by molar-refractivity contribution is 5.77. The molecule has 8 heteroatoms. The lowest BCUT2D eigenvalue weighted by Gasteiger charge is -2.44. The summed E-state index contributed by atoms with van der Waals surface area (Å²) in [5.74, 6) is 0.169. The van der Waals surface area contributed by atoms with Gasteiger partial charge in [0.05, 0.1) is 44.4 Å². The van der Waals surface area contributed by atoms with Crippen molar-refractivity contribution >= 4 is 11.9 Å². The van der Waals surface area contributed by atoms with Gasteiger partial charge in [0, 0.05) is 19.6 Å². The van der Waals surface area contributed by atoms with Gasteiger partial charge in [-0.2, -0.15) is 0 Å². The van der Waals surface area contributed by atoms with Gasteiger partial charge in [-0.05, 0) is 38.5 Å². The van der Waals surface area contributed by atoms with Crippen LogP contribution in [0.15, 0.2) is 0 Å². The Bertz CT molecular complexity index is 526. The van der Waals surface area contributed by atoms with Crippen LogP contribution in [0.3, 0.4) is 0 Å². The van der Waals surface area contributed by atoms with Gasteiger partial charge in [-0.3, -0.25) is 4.79 Å². The van der Waals surface area contributed by atoms with Crippen molar-refractivity contribution < 1.29 is 24.2 Å².